The van der Waals surface area contributed by atoms with E-state index in [1.54, 1.807) is 0 Å². The van der Waals surface area contributed by atoms with E-state index in [1.165, 1.54) is 5.56 Å². The van der Waals surface area contributed by atoms with Crippen LogP contribution in [0.2, 0.25) is 0 Å². The quantitative estimate of drug-likeness (QED) is 0.463. The minimum atomic E-state index is -0.242. The Bertz CT molecular complexity index is 1270. The van der Waals surface area contributed by atoms with Crippen molar-refractivity contribution in [3.63, 3.8) is 0 Å². The number of ketones is 2. The predicted octanol–water partition coefficient (Wildman–Crippen LogP) is 6.45. The van der Waals surface area contributed by atoms with Gasteiger partial charge in [-0.05, 0) is 42.5 Å². The fourth-order valence-electron chi connectivity index (χ4n) is 4.85. The molecule has 0 spiro atoms. The van der Waals surface area contributed by atoms with Crippen LogP contribution in [0.15, 0.2) is 84.1 Å². The second kappa shape index (κ2) is 8.04. The summed E-state index contributed by atoms with van der Waals surface area (Å²) in [7, 11) is 0. The number of hydrogen-bond donors (Lipinski definition) is 2. The molecule has 33 heavy (non-hydrogen) atoms. The van der Waals surface area contributed by atoms with Crippen molar-refractivity contribution in [3.05, 3.63) is 106 Å². The minimum absolute atomic E-state index is 0.0196. The van der Waals surface area contributed by atoms with Gasteiger partial charge in [0.25, 0.3) is 0 Å². The summed E-state index contributed by atoms with van der Waals surface area (Å²) in [6.07, 6.45) is 1.29. The first-order chi connectivity index (χ1) is 15.8. The lowest BCUT2D eigenvalue weighted by Crippen LogP contribution is -2.31. The van der Waals surface area contributed by atoms with E-state index in [1.807, 2.05) is 48.5 Å². The van der Waals surface area contributed by atoms with Crippen LogP contribution < -0.4 is 10.6 Å². The number of benzene rings is 3. The van der Waals surface area contributed by atoms with Gasteiger partial charge < -0.3 is 10.6 Å². The zero-order chi connectivity index (χ0) is 23.2. The van der Waals surface area contributed by atoms with Crippen LogP contribution in [0, 0.1) is 12.3 Å². The highest BCUT2D eigenvalue weighted by atomic mass is 16.1. The van der Waals surface area contributed by atoms with Gasteiger partial charge in [0.2, 0.25) is 0 Å². The lowest BCUT2D eigenvalue weighted by atomic mass is 9.73. The zero-order valence-electron chi connectivity index (χ0n) is 19.2. The van der Waals surface area contributed by atoms with Crippen LogP contribution >= 0.6 is 0 Å². The van der Waals surface area contributed by atoms with Crippen molar-refractivity contribution in [2.75, 3.05) is 10.6 Å². The maximum Gasteiger partial charge on any atom is 0.193 e. The maximum atomic E-state index is 13.4. The number of allylic oxidation sites excluding steroid dienone is 1. The third-order valence-electron chi connectivity index (χ3n) is 6.52. The summed E-state index contributed by atoms with van der Waals surface area (Å²) in [5.41, 5.74) is 6.83. The number of aryl methyl sites for hydroxylation is 1. The first kappa shape index (κ1) is 21.2. The Hall–Kier alpha value is -3.66. The number of hydrogen-bond acceptors (Lipinski definition) is 4. The monoisotopic (exact) mass is 436 g/mol. The normalized spacial score (nSPS) is 19.0. The Kier molecular flexibility index (Phi) is 5.16. The molecule has 0 saturated carbocycles. The number of nitrogens with one attached hydrogen (secondary N) is 2. The number of rotatable bonds is 3. The van der Waals surface area contributed by atoms with E-state index in [0.717, 1.165) is 34.6 Å². The lowest BCUT2D eigenvalue weighted by molar-refractivity contribution is -0.118. The van der Waals surface area contributed by atoms with Crippen molar-refractivity contribution >= 4 is 22.9 Å². The van der Waals surface area contributed by atoms with Crippen LogP contribution in [-0.2, 0) is 4.79 Å². The molecule has 0 radical (unpaired) electrons. The van der Waals surface area contributed by atoms with E-state index in [2.05, 4.69) is 55.7 Å². The Morgan fingerprint density at radius 3 is 2.33 bits per heavy atom. The van der Waals surface area contributed by atoms with Crippen molar-refractivity contribution in [1.82, 2.24) is 0 Å². The molecule has 0 saturated heterocycles. The molecule has 1 atom stereocenters. The average molecular weight is 437 g/mol. The van der Waals surface area contributed by atoms with Gasteiger partial charge in [-0.15, -0.1) is 0 Å². The van der Waals surface area contributed by atoms with Crippen LogP contribution in [-0.4, -0.2) is 11.6 Å². The second-order valence-electron chi connectivity index (χ2n) is 9.90. The molecule has 2 N–H and O–H groups in total. The van der Waals surface area contributed by atoms with Crippen LogP contribution in [0.3, 0.4) is 0 Å². The molecule has 0 fully saturated rings. The van der Waals surface area contributed by atoms with Crippen LogP contribution in [0.5, 0.6) is 0 Å². The second-order valence-corrected chi connectivity index (χ2v) is 9.90. The largest absolute Gasteiger partial charge is 0.372 e. The molecule has 0 amide bonds. The highest BCUT2D eigenvalue weighted by molar-refractivity contribution is 6.10. The Morgan fingerprint density at radius 1 is 0.879 bits per heavy atom. The van der Waals surface area contributed by atoms with E-state index in [9.17, 15) is 9.59 Å². The van der Waals surface area contributed by atoms with Gasteiger partial charge in [-0.2, -0.15) is 0 Å². The fourth-order valence-corrected chi connectivity index (χ4v) is 4.85. The zero-order valence-corrected chi connectivity index (χ0v) is 19.2. The van der Waals surface area contributed by atoms with Crippen molar-refractivity contribution in [2.45, 2.75) is 39.7 Å². The Balaban J connectivity index is 1.60. The van der Waals surface area contributed by atoms with Crippen LogP contribution in [0.1, 0.15) is 59.8 Å². The molecule has 0 aromatic heterocycles. The molecule has 4 nitrogen and oxygen atoms in total. The third-order valence-corrected chi connectivity index (χ3v) is 6.52. The standard InChI is InChI=1S/C29H28N2O2/c1-18-9-11-19(12-10-18)27-26-24(16-29(2,3)17-25(26)32)30-23-15-21(13-14-22(23)31-27)28(33)20-7-5-4-6-8-20/h4-15,27,30-31H,16-17H2,1-3H3. The molecular formula is C29H28N2O2. The highest BCUT2D eigenvalue weighted by Crippen LogP contribution is 2.45. The molecular weight excluding hydrogens is 408 g/mol. The first-order valence-corrected chi connectivity index (χ1v) is 11.4. The van der Waals surface area contributed by atoms with Gasteiger partial charge in [0.05, 0.1) is 17.4 Å². The van der Waals surface area contributed by atoms with Crippen LogP contribution in [0.25, 0.3) is 0 Å². The summed E-state index contributed by atoms with van der Waals surface area (Å²) in [5, 5.41) is 7.15. The van der Waals surface area contributed by atoms with Gasteiger partial charge in [-0.25, -0.2) is 0 Å². The summed E-state index contributed by atoms with van der Waals surface area (Å²) >= 11 is 0. The number of anilines is 2. The molecule has 0 bridgehead atoms. The first-order valence-electron chi connectivity index (χ1n) is 11.4. The maximum absolute atomic E-state index is 13.4. The molecule has 4 heteroatoms. The SMILES string of the molecule is Cc1ccc(C2Nc3ccc(C(=O)c4ccccc4)cc3NC3=C2C(=O)CC(C)(C)C3)cc1. The van der Waals surface area contributed by atoms with Crippen molar-refractivity contribution in [1.29, 1.82) is 0 Å². The molecule has 166 valence electrons. The highest BCUT2D eigenvalue weighted by Gasteiger charge is 2.38. The summed E-state index contributed by atoms with van der Waals surface area (Å²) < 4.78 is 0. The van der Waals surface area contributed by atoms with Gasteiger partial charge in [-0.3, -0.25) is 9.59 Å². The molecule has 1 unspecified atom stereocenters. The smallest absolute Gasteiger partial charge is 0.193 e. The number of carbonyl (C=O) groups is 2. The summed E-state index contributed by atoms with van der Waals surface area (Å²) in [4.78, 5) is 26.4. The lowest BCUT2D eigenvalue weighted by Gasteiger charge is -2.34. The van der Waals surface area contributed by atoms with Gasteiger partial charge in [-0.1, -0.05) is 74.0 Å². The van der Waals surface area contributed by atoms with Crippen LogP contribution in [0.4, 0.5) is 11.4 Å². The van der Waals surface area contributed by atoms with E-state index in [4.69, 9.17) is 0 Å². The number of fused-ring (bicyclic) bond motifs is 1. The van der Waals surface area contributed by atoms with Crippen molar-refractivity contribution in [3.8, 4) is 0 Å². The average Bonchev–Trinajstić information content (AvgIpc) is 2.95. The Morgan fingerprint density at radius 2 is 1.61 bits per heavy atom. The predicted molar refractivity (Wildman–Crippen MR) is 133 cm³/mol. The summed E-state index contributed by atoms with van der Waals surface area (Å²) in [6.45, 7) is 6.32. The summed E-state index contributed by atoms with van der Waals surface area (Å²) in [5.74, 6) is 0.147. The minimum Gasteiger partial charge on any atom is -0.372 e. The van der Waals surface area contributed by atoms with E-state index in [-0.39, 0.29) is 23.0 Å². The Labute approximate surface area is 194 Å². The summed E-state index contributed by atoms with van der Waals surface area (Å²) in [6, 6.07) is 23.1. The molecule has 1 aliphatic carbocycles. The molecule has 1 aliphatic heterocycles. The molecule has 1 heterocycles. The van der Waals surface area contributed by atoms with Crippen molar-refractivity contribution in [2.24, 2.45) is 5.41 Å². The molecule has 2 aliphatic rings. The third kappa shape index (κ3) is 4.09. The van der Waals surface area contributed by atoms with E-state index >= 15 is 0 Å². The number of Topliss-reactive ketones (excluding diaryl/α,β-unsaturated/α-hetero) is 1. The van der Waals surface area contributed by atoms with Gasteiger partial charge in [0, 0.05) is 28.8 Å². The fraction of sp³-hybridized carbons (Fsp3) is 0.241. The topological polar surface area (TPSA) is 58.2 Å². The van der Waals surface area contributed by atoms with Gasteiger partial charge in [0.15, 0.2) is 11.6 Å². The molecule has 3 aromatic carbocycles. The van der Waals surface area contributed by atoms with Gasteiger partial charge in [0.1, 0.15) is 0 Å². The van der Waals surface area contributed by atoms with Crippen molar-refractivity contribution < 1.29 is 9.59 Å². The van der Waals surface area contributed by atoms with E-state index in [0.29, 0.717) is 17.5 Å². The van der Waals surface area contributed by atoms with Gasteiger partial charge >= 0.3 is 0 Å². The van der Waals surface area contributed by atoms with E-state index < -0.39 is 0 Å². The number of carbonyl (C=O) groups excluding carboxylic acids is 2. The molecule has 3 aromatic rings. The molecule has 5 rings (SSSR count).